The predicted molar refractivity (Wildman–Crippen MR) is 76.8 cm³/mol. The maximum Gasteiger partial charge on any atom is 0.256 e. The minimum atomic E-state index is -0.766. The molecule has 0 saturated carbocycles. The van der Waals surface area contributed by atoms with Gasteiger partial charge in [-0.25, -0.2) is 0 Å². The van der Waals surface area contributed by atoms with Crippen molar-refractivity contribution in [1.82, 2.24) is 9.88 Å². The molecule has 19 heavy (non-hydrogen) atoms. The number of hydrogen-bond acceptors (Lipinski definition) is 4. The lowest BCUT2D eigenvalue weighted by Gasteiger charge is -2.27. The van der Waals surface area contributed by atoms with Crippen LogP contribution in [0.3, 0.4) is 0 Å². The molecule has 0 radical (unpaired) electrons. The number of rotatable bonds is 4. The first-order chi connectivity index (χ1) is 9.22. The molecule has 1 aromatic heterocycles. The van der Waals surface area contributed by atoms with E-state index in [0.717, 1.165) is 18.7 Å². The van der Waals surface area contributed by atoms with Crippen molar-refractivity contribution < 1.29 is 9.00 Å². The molecule has 2 heterocycles. The molecule has 2 rings (SSSR count). The Hall–Kier alpha value is -1.43. The van der Waals surface area contributed by atoms with Crippen LogP contribution in [-0.4, -0.2) is 51.1 Å². The lowest BCUT2D eigenvalue weighted by atomic mass is 10.2. The first-order valence-corrected chi connectivity index (χ1v) is 8.03. The largest absolute Gasteiger partial charge is 0.383 e. The molecule has 0 bridgehead atoms. The highest BCUT2D eigenvalue weighted by atomic mass is 32.2. The van der Waals surface area contributed by atoms with E-state index in [9.17, 15) is 9.00 Å². The van der Waals surface area contributed by atoms with Gasteiger partial charge >= 0.3 is 0 Å². The Morgan fingerprint density at radius 3 is 2.89 bits per heavy atom. The topological polar surface area (TPSA) is 62.3 Å². The van der Waals surface area contributed by atoms with Crippen LogP contribution in [0.1, 0.15) is 23.7 Å². The second-order valence-electron chi connectivity index (χ2n) is 4.49. The van der Waals surface area contributed by atoms with Crippen molar-refractivity contribution in [2.75, 3.05) is 36.5 Å². The minimum Gasteiger partial charge on any atom is -0.383 e. The van der Waals surface area contributed by atoms with Gasteiger partial charge in [0.1, 0.15) is 0 Å². The fraction of sp³-hybridized carbons (Fsp3) is 0.538. The van der Waals surface area contributed by atoms with Crippen molar-refractivity contribution in [3.05, 3.63) is 24.0 Å². The van der Waals surface area contributed by atoms with Gasteiger partial charge in [0, 0.05) is 48.1 Å². The van der Waals surface area contributed by atoms with Gasteiger partial charge in [-0.05, 0) is 12.5 Å². The summed E-state index contributed by atoms with van der Waals surface area (Å²) in [6, 6.07) is 1.74. The lowest BCUT2D eigenvalue weighted by molar-refractivity contribution is 0.0772. The quantitative estimate of drug-likeness (QED) is 0.898. The summed E-state index contributed by atoms with van der Waals surface area (Å²) in [5, 5.41) is 3.22. The van der Waals surface area contributed by atoms with E-state index in [0.29, 0.717) is 30.2 Å². The monoisotopic (exact) mass is 281 g/mol. The predicted octanol–water partition coefficient (Wildman–Crippen LogP) is 1.11. The van der Waals surface area contributed by atoms with Gasteiger partial charge in [0.05, 0.1) is 17.4 Å². The fourth-order valence-electron chi connectivity index (χ4n) is 1.99. The van der Waals surface area contributed by atoms with Gasteiger partial charge in [-0.15, -0.1) is 0 Å². The Kier molecular flexibility index (Phi) is 4.90. The number of amides is 1. The third-order valence-corrected chi connectivity index (χ3v) is 4.36. The van der Waals surface area contributed by atoms with Crippen LogP contribution in [0, 0.1) is 0 Å². The second kappa shape index (κ2) is 6.65. The molecule has 0 aliphatic carbocycles. The summed E-state index contributed by atoms with van der Waals surface area (Å²) in [6.07, 6.45) is 4.31. The standard InChI is InChI=1S/C13H19N3O2S/c1-2-4-15-12-10-14-5-3-11(12)13(17)16-6-8-19(18)9-7-16/h3,5,10,15H,2,4,6-9H2,1H3. The van der Waals surface area contributed by atoms with Crippen LogP contribution < -0.4 is 5.32 Å². The summed E-state index contributed by atoms with van der Waals surface area (Å²) in [4.78, 5) is 18.3. The molecule has 1 aliphatic heterocycles. The van der Waals surface area contributed by atoms with Crippen LogP contribution >= 0.6 is 0 Å². The average molecular weight is 281 g/mol. The molecule has 0 unspecified atom stereocenters. The highest BCUT2D eigenvalue weighted by Crippen LogP contribution is 2.17. The third-order valence-electron chi connectivity index (χ3n) is 3.08. The Bertz CT molecular complexity index is 469. The van der Waals surface area contributed by atoms with Crippen LogP contribution in [-0.2, 0) is 10.8 Å². The average Bonchev–Trinajstić information content (AvgIpc) is 2.45. The SMILES string of the molecule is CCCNc1cnccc1C(=O)N1CCS(=O)CC1. The Labute approximate surface area is 115 Å². The Balaban J connectivity index is 2.11. The molecular formula is C13H19N3O2S. The molecule has 1 fully saturated rings. The van der Waals surface area contributed by atoms with Crippen molar-refractivity contribution in [2.24, 2.45) is 0 Å². The maximum absolute atomic E-state index is 12.4. The van der Waals surface area contributed by atoms with E-state index in [2.05, 4.69) is 17.2 Å². The normalized spacial score (nSPS) is 16.4. The van der Waals surface area contributed by atoms with E-state index in [4.69, 9.17) is 0 Å². The highest BCUT2D eigenvalue weighted by molar-refractivity contribution is 7.85. The molecule has 5 nitrogen and oxygen atoms in total. The number of anilines is 1. The van der Waals surface area contributed by atoms with E-state index in [1.54, 1.807) is 23.4 Å². The zero-order valence-corrected chi connectivity index (χ0v) is 11.9. The van der Waals surface area contributed by atoms with Crippen molar-refractivity contribution in [3.63, 3.8) is 0 Å². The molecular weight excluding hydrogens is 262 g/mol. The summed E-state index contributed by atoms with van der Waals surface area (Å²) in [6.45, 7) is 4.03. The van der Waals surface area contributed by atoms with Gasteiger partial charge in [0.2, 0.25) is 0 Å². The van der Waals surface area contributed by atoms with Crippen LogP contribution in [0.5, 0.6) is 0 Å². The molecule has 1 aromatic rings. The summed E-state index contributed by atoms with van der Waals surface area (Å²) in [7, 11) is -0.766. The van der Waals surface area contributed by atoms with Crippen LogP contribution in [0.4, 0.5) is 5.69 Å². The summed E-state index contributed by atoms with van der Waals surface area (Å²) >= 11 is 0. The van der Waals surface area contributed by atoms with E-state index in [1.165, 1.54) is 0 Å². The Morgan fingerprint density at radius 1 is 1.47 bits per heavy atom. The number of nitrogens with one attached hydrogen (secondary N) is 1. The van der Waals surface area contributed by atoms with Crippen molar-refractivity contribution in [2.45, 2.75) is 13.3 Å². The van der Waals surface area contributed by atoms with Crippen LogP contribution in [0.15, 0.2) is 18.5 Å². The third kappa shape index (κ3) is 3.53. The van der Waals surface area contributed by atoms with Crippen molar-refractivity contribution >= 4 is 22.4 Å². The first kappa shape index (κ1) is 14.0. The Morgan fingerprint density at radius 2 is 2.21 bits per heavy atom. The number of carbonyl (C=O) groups excluding carboxylic acids is 1. The molecule has 1 saturated heterocycles. The van der Waals surface area contributed by atoms with Gasteiger partial charge in [0.15, 0.2) is 0 Å². The maximum atomic E-state index is 12.4. The number of aromatic nitrogens is 1. The highest BCUT2D eigenvalue weighted by Gasteiger charge is 2.22. The lowest BCUT2D eigenvalue weighted by Crippen LogP contribution is -2.42. The summed E-state index contributed by atoms with van der Waals surface area (Å²) in [5.41, 5.74) is 1.43. The smallest absolute Gasteiger partial charge is 0.256 e. The van der Waals surface area contributed by atoms with E-state index < -0.39 is 10.8 Å². The molecule has 104 valence electrons. The molecule has 0 spiro atoms. The van der Waals surface area contributed by atoms with Gasteiger partial charge < -0.3 is 10.2 Å². The van der Waals surface area contributed by atoms with Gasteiger partial charge in [0.25, 0.3) is 5.91 Å². The van der Waals surface area contributed by atoms with E-state index in [-0.39, 0.29) is 5.91 Å². The van der Waals surface area contributed by atoms with Gasteiger partial charge in [-0.2, -0.15) is 0 Å². The second-order valence-corrected chi connectivity index (χ2v) is 6.18. The van der Waals surface area contributed by atoms with Crippen molar-refractivity contribution in [1.29, 1.82) is 0 Å². The molecule has 0 atom stereocenters. The zero-order chi connectivity index (χ0) is 13.7. The molecule has 1 aliphatic rings. The van der Waals surface area contributed by atoms with Crippen LogP contribution in [0.2, 0.25) is 0 Å². The first-order valence-electron chi connectivity index (χ1n) is 6.54. The summed E-state index contributed by atoms with van der Waals surface area (Å²) in [5.74, 6) is 1.15. The fourth-order valence-corrected chi connectivity index (χ4v) is 3.04. The van der Waals surface area contributed by atoms with E-state index in [1.807, 2.05) is 0 Å². The number of pyridine rings is 1. The van der Waals surface area contributed by atoms with Gasteiger partial charge in [-0.1, -0.05) is 6.92 Å². The number of carbonyl (C=O) groups is 1. The van der Waals surface area contributed by atoms with Gasteiger partial charge in [-0.3, -0.25) is 14.0 Å². The molecule has 1 N–H and O–H groups in total. The minimum absolute atomic E-state index is 0.00213. The van der Waals surface area contributed by atoms with E-state index >= 15 is 0 Å². The molecule has 0 aromatic carbocycles. The zero-order valence-electron chi connectivity index (χ0n) is 11.1. The summed E-state index contributed by atoms with van der Waals surface area (Å²) < 4.78 is 11.3. The van der Waals surface area contributed by atoms with Crippen LogP contribution in [0.25, 0.3) is 0 Å². The van der Waals surface area contributed by atoms with Crippen molar-refractivity contribution in [3.8, 4) is 0 Å². The number of nitrogens with zero attached hydrogens (tertiary/aromatic N) is 2. The molecule has 1 amide bonds. The molecule has 6 heteroatoms. The number of hydrogen-bond donors (Lipinski definition) is 1.